The molecule has 0 atom stereocenters. The highest BCUT2D eigenvalue weighted by molar-refractivity contribution is 6.09. The summed E-state index contributed by atoms with van der Waals surface area (Å²) in [7, 11) is 0. The first kappa shape index (κ1) is 21.1. The number of aliphatic hydroxyl groups excluding tert-OH is 1. The minimum atomic E-state index is -1.26. The van der Waals surface area contributed by atoms with Gasteiger partial charge in [-0.2, -0.15) is 0 Å². The lowest BCUT2D eigenvalue weighted by molar-refractivity contribution is -0.132. The van der Waals surface area contributed by atoms with Gasteiger partial charge in [-0.15, -0.1) is 0 Å². The third-order valence-corrected chi connectivity index (χ3v) is 3.77. The van der Waals surface area contributed by atoms with Crippen molar-refractivity contribution in [2.45, 2.75) is 27.2 Å². The Labute approximate surface area is 153 Å². The Morgan fingerprint density at radius 3 is 2.54 bits per heavy atom. The number of aliphatic imine (C=N–C) groups is 1. The molecule has 0 saturated carbocycles. The first-order valence-corrected chi connectivity index (χ1v) is 8.26. The molecule has 138 valence electrons. The highest BCUT2D eigenvalue weighted by Gasteiger charge is 2.12. The average Bonchev–Trinajstić information content (AvgIpc) is 2.58. The summed E-state index contributed by atoms with van der Waals surface area (Å²) in [4.78, 5) is 15.3. The molecule has 0 bridgehead atoms. The molecule has 0 fully saturated rings. The summed E-state index contributed by atoms with van der Waals surface area (Å²) in [5.74, 6) is -2.02. The standard InChI is InChI=1S/C21H24FNO3/c1-5-10-23-13-19(21(25)26)20(24)11-14(3)15(4)18(6-2)16-8-7-9-17(22)12-16/h6-9,11-13,24H,2,5,10H2,1,3-4H3,(H,25,26)/b14-11+,18-15-,20-19-,23-13?. The Bertz CT molecular complexity index is 801. The summed E-state index contributed by atoms with van der Waals surface area (Å²) >= 11 is 0. The van der Waals surface area contributed by atoms with Gasteiger partial charge >= 0.3 is 5.97 Å². The molecular weight excluding hydrogens is 333 g/mol. The second-order valence-corrected chi connectivity index (χ2v) is 5.72. The number of halogens is 1. The highest BCUT2D eigenvalue weighted by Crippen LogP contribution is 2.25. The maximum absolute atomic E-state index is 13.5. The van der Waals surface area contributed by atoms with E-state index in [1.165, 1.54) is 18.2 Å². The van der Waals surface area contributed by atoms with Gasteiger partial charge in [-0.25, -0.2) is 9.18 Å². The van der Waals surface area contributed by atoms with Crippen molar-refractivity contribution in [3.05, 3.63) is 76.9 Å². The largest absolute Gasteiger partial charge is 0.507 e. The molecule has 0 spiro atoms. The number of hydrogen-bond donors (Lipinski definition) is 2. The van der Waals surface area contributed by atoms with E-state index in [2.05, 4.69) is 11.6 Å². The fourth-order valence-electron chi connectivity index (χ4n) is 2.26. The van der Waals surface area contributed by atoms with Crippen LogP contribution in [0.15, 0.2) is 70.5 Å². The molecule has 1 aromatic carbocycles. The molecule has 4 nitrogen and oxygen atoms in total. The molecule has 2 N–H and O–H groups in total. The van der Waals surface area contributed by atoms with E-state index < -0.39 is 11.7 Å². The predicted octanol–water partition coefficient (Wildman–Crippen LogP) is 5.11. The van der Waals surface area contributed by atoms with Crippen LogP contribution in [0.25, 0.3) is 5.57 Å². The van der Waals surface area contributed by atoms with Crippen LogP contribution in [0.2, 0.25) is 0 Å². The van der Waals surface area contributed by atoms with E-state index in [1.807, 2.05) is 6.92 Å². The summed E-state index contributed by atoms with van der Waals surface area (Å²) in [6.45, 7) is 9.69. The number of carbonyl (C=O) groups is 1. The van der Waals surface area contributed by atoms with Crippen molar-refractivity contribution < 1.29 is 19.4 Å². The van der Waals surface area contributed by atoms with Gasteiger partial charge in [0.2, 0.25) is 0 Å². The first-order chi connectivity index (χ1) is 12.3. The van der Waals surface area contributed by atoms with Crippen molar-refractivity contribution in [2.75, 3.05) is 6.54 Å². The number of allylic oxidation sites excluding steroid dienone is 5. The maximum Gasteiger partial charge on any atom is 0.341 e. The molecule has 0 aliphatic rings. The Kier molecular flexibility index (Phi) is 8.22. The summed E-state index contributed by atoms with van der Waals surface area (Å²) in [5, 5.41) is 19.4. The van der Waals surface area contributed by atoms with Crippen LogP contribution >= 0.6 is 0 Å². The number of carboxylic acids is 1. The van der Waals surface area contributed by atoms with Gasteiger partial charge in [0.25, 0.3) is 0 Å². The Balaban J connectivity index is 3.36. The fourth-order valence-corrected chi connectivity index (χ4v) is 2.26. The van der Waals surface area contributed by atoms with Crippen LogP contribution in [0, 0.1) is 5.82 Å². The van der Waals surface area contributed by atoms with E-state index in [4.69, 9.17) is 0 Å². The number of hydrogen-bond acceptors (Lipinski definition) is 3. The van der Waals surface area contributed by atoms with Crippen molar-refractivity contribution in [1.29, 1.82) is 0 Å². The highest BCUT2D eigenvalue weighted by atomic mass is 19.1. The minimum Gasteiger partial charge on any atom is -0.507 e. The van der Waals surface area contributed by atoms with Crippen LogP contribution in [0.1, 0.15) is 32.8 Å². The van der Waals surface area contributed by atoms with E-state index in [0.29, 0.717) is 23.3 Å². The van der Waals surface area contributed by atoms with E-state index in [0.717, 1.165) is 18.2 Å². The third-order valence-electron chi connectivity index (χ3n) is 3.77. The molecule has 0 unspecified atom stereocenters. The number of nitrogens with zero attached hydrogens (tertiary/aromatic N) is 1. The molecule has 1 aromatic rings. The molecule has 0 amide bonds. The minimum absolute atomic E-state index is 0.281. The van der Waals surface area contributed by atoms with E-state index in [1.54, 1.807) is 32.1 Å². The molecule has 0 heterocycles. The van der Waals surface area contributed by atoms with Crippen molar-refractivity contribution in [3.8, 4) is 0 Å². The summed E-state index contributed by atoms with van der Waals surface area (Å²) in [6, 6.07) is 6.10. The van der Waals surface area contributed by atoms with Gasteiger partial charge in [0.1, 0.15) is 17.1 Å². The van der Waals surface area contributed by atoms with Crippen LogP contribution in [0.5, 0.6) is 0 Å². The Hall–Kier alpha value is -2.95. The molecule has 0 aliphatic carbocycles. The van der Waals surface area contributed by atoms with Crippen LogP contribution in [-0.2, 0) is 4.79 Å². The molecule has 26 heavy (non-hydrogen) atoms. The van der Waals surface area contributed by atoms with Crippen LogP contribution in [0.4, 0.5) is 4.39 Å². The zero-order chi connectivity index (χ0) is 19.7. The summed E-state index contributed by atoms with van der Waals surface area (Å²) < 4.78 is 13.5. The second kappa shape index (κ2) is 10.1. The van der Waals surface area contributed by atoms with Gasteiger partial charge in [-0.1, -0.05) is 31.7 Å². The topological polar surface area (TPSA) is 69.9 Å². The van der Waals surface area contributed by atoms with E-state index in [-0.39, 0.29) is 11.4 Å². The third kappa shape index (κ3) is 5.84. The van der Waals surface area contributed by atoms with Gasteiger partial charge in [0.15, 0.2) is 0 Å². The average molecular weight is 357 g/mol. The molecule has 1 rings (SSSR count). The normalized spacial score (nSPS) is 14.1. The van der Waals surface area contributed by atoms with Gasteiger partial charge in [0, 0.05) is 12.8 Å². The Morgan fingerprint density at radius 2 is 2.00 bits per heavy atom. The zero-order valence-corrected chi connectivity index (χ0v) is 15.3. The van der Waals surface area contributed by atoms with Crippen molar-refractivity contribution in [1.82, 2.24) is 0 Å². The monoisotopic (exact) mass is 357 g/mol. The number of carboxylic acid groups (broad SMARTS) is 1. The molecular formula is C21H24FNO3. The van der Waals surface area contributed by atoms with Crippen molar-refractivity contribution in [2.24, 2.45) is 4.99 Å². The molecule has 0 aromatic heterocycles. The van der Waals surface area contributed by atoms with Crippen LogP contribution in [-0.4, -0.2) is 28.9 Å². The van der Waals surface area contributed by atoms with E-state index in [9.17, 15) is 19.4 Å². The smallest absolute Gasteiger partial charge is 0.341 e. The van der Waals surface area contributed by atoms with Gasteiger partial charge < -0.3 is 10.2 Å². The van der Waals surface area contributed by atoms with Crippen LogP contribution < -0.4 is 0 Å². The molecule has 0 aliphatic heterocycles. The van der Waals surface area contributed by atoms with Gasteiger partial charge in [-0.05, 0) is 60.8 Å². The van der Waals surface area contributed by atoms with Crippen molar-refractivity contribution >= 4 is 17.8 Å². The first-order valence-electron chi connectivity index (χ1n) is 8.26. The maximum atomic E-state index is 13.5. The summed E-state index contributed by atoms with van der Waals surface area (Å²) in [5.41, 5.74) is 2.44. The van der Waals surface area contributed by atoms with Crippen LogP contribution in [0.3, 0.4) is 0 Å². The number of aliphatic carboxylic acids is 1. The number of benzene rings is 1. The molecule has 0 saturated heterocycles. The zero-order valence-electron chi connectivity index (χ0n) is 15.3. The van der Waals surface area contributed by atoms with Gasteiger partial charge in [0.05, 0.1) is 0 Å². The lowest BCUT2D eigenvalue weighted by atomic mass is 9.95. The Morgan fingerprint density at radius 1 is 1.31 bits per heavy atom. The number of aliphatic hydroxyl groups is 1. The van der Waals surface area contributed by atoms with E-state index >= 15 is 0 Å². The number of rotatable bonds is 8. The molecule has 0 radical (unpaired) electrons. The summed E-state index contributed by atoms with van der Waals surface area (Å²) in [6.07, 6.45) is 4.89. The predicted molar refractivity (Wildman–Crippen MR) is 104 cm³/mol. The SMILES string of the molecule is C=C/C(=C(C)/C(C)=C/C(O)=C(\C=NCCC)C(=O)O)c1cccc(F)c1. The fraction of sp³-hybridized carbons (Fsp3) is 0.238. The van der Waals surface area contributed by atoms with Gasteiger partial charge in [-0.3, -0.25) is 4.99 Å². The quantitative estimate of drug-likeness (QED) is 0.294. The lowest BCUT2D eigenvalue weighted by Gasteiger charge is -2.10. The second-order valence-electron chi connectivity index (χ2n) is 5.72. The molecule has 5 heteroatoms. The van der Waals surface area contributed by atoms with Crippen molar-refractivity contribution in [3.63, 3.8) is 0 Å². The lowest BCUT2D eigenvalue weighted by Crippen LogP contribution is -2.06.